The van der Waals surface area contributed by atoms with Gasteiger partial charge in [-0.05, 0) is 32.7 Å². The summed E-state index contributed by atoms with van der Waals surface area (Å²) in [6.45, 7) is 5.24. The van der Waals surface area contributed by atoms with E-state index in [9.17, 15) is 0 Å². The van der Waals surface area contributed by atoms with E-state index in [0.29, 0.717) is 18.0 Å². The second kappa shape index (κ2) is 4.78. The highest BCUT2D eigenvalue weighted by molar-refractivity contribution is 5.08. The number of hydrogen-bond acceptors (Lipinski definition) is 3. The Bertz CT molecular complexity index is 364. The molecule has 0 aromatic carbocycles. The Morgan fingerprint density at radius 3 is 3.18 bits per heavy atom. The molecule has 1 aromatic rings. The number of imidazole rings is 1. The van der Waals surface area contributed by atoms with Crippen molar-refractivity contribution in [1.82, 2.24) is 14.9 Å². The average molecular weight is 235 g/mol. The zero-order valence-corrected chi connectivity index (χ0v) is 10.4. The number of ether oxygens (including phenoxy) is 1. The molecule has 17 heavy (non-hydrogen) atoms. The van der Waals surface area contributed by atoms with E-state index in [1.807, 2.05) is 12.5 Å². The normalized spacial score (nSPS) is 30.9. The molecule has 1 aromatic heterocycles. The summed E-state index contributed by atoms with van der Waals surface area (Å²) >= 11 is 0. The van der Waals surface area contributed by atoms with Crippen LogP contribution < -0.4 is 5.32 Å². The lowest BCUT2D eigenvalue weighted by atomic mass is 10.00. The van der Waals surface area contributed by atoms with Crippen molar-refractivity contribution in [1.29, 1.82) is 0 Å². The van der Waals surface area contributed by atoms with Crippen LogP contribution >= 0.6 is 0 Å². The molecule has 0 spiro atoms. The van der Waals surface area contributed by atoms with Gasteiger partial charge in [-0.15, -0.1) is 0 Å². The quantitative estimate of drug-likeness (QED) is 0.869. The average Bonchev–Trinajstić information content (AvgIpc) is 3.09. The van der Waals surface area contributed by atoms with Crippen molar-refractivity contribution in [3.8, 4) is 0 Å². The fourth-order valence-electron chi connectivity index (χ4n) is 3.02. The van der Waals surface area contributed by atoms with Crippen LogP contribution in [0.2, 0.25) is 0 Å². The summed E-state index contributed by atoms with van der Waals surface area (Å²) < 4.78 is 7.84. The Hall–Kier alpha value is -0.870. The third-order valence-electron chi connectivity index (χ3n) is 4.20. The lowest BCUT2D eigenvalue weighted by Crippen LogP contribution is -2.22. The van der Waals surface area contributed by atoms with Gasteiger partial charge in [-0.25, -0.2) is 4.98 Å². The first-order chi connectivity index (χ1) is 8.36. The zero-order chi connectivity index (χ0) is 11.7. The fourth-order valence-corrected chi connectivity index (χ4v) is 3.02. The fraction of sp³-hybridized carbons (Fsp3) is 0.769. The SMILES string of the molecule is CC(C1CCOC1)n1cncc1C1CCCN1. The van der Waals surface area contributed by atoms with Crippen molar-refractivity contribution in [2.45, 2.75) is 38.3 Å². The number of nitrogens with one attached hydrogen (secondary N) is 1. The Labute approximate surface area is 102 Å². The summed E-state index contributed by atoms with van der Waals surface area (Å²) in [5.41, 5.74) is 1.35. The molecular formula is C13H21N3O. The van der Waals surface area contributed by atoms with E-state index in [1.54, 1.807) is 0 Å². The molecule has 3 rings (SSSR count). The molecule has 4 heteroatoms. The van der Waals surface area contributed by atoms with E-state index in [0.717, 1.165) is 19.8 Å². The van der Waals surface area contributed by atoms with Gasteiger partial charge >= 0.3 is 0 Å². The predicted molar refractivity (Wildman–Crippen MR) is 65.8 cm³/mol. The lowest BCUT2D eigenvalue weighted by Gasteiger charge is -2.23. The van der Waals surface area contributed by atoms with Gasteiger partial charge in [-0.3, -0.25) is 0 Å². The number of rotatable bonds is 3. The van der Waals surface area contributed by atoms with E-state index < -0.39 is 0 Å². The zero-order valence-electron chi connectivity index (χ0n) is 10.4. The van der Waals surface area contributed by atoms with Gasteiger partial charge in [-0.1, -0.05) is 0 Å². The molecular weight excluding hydrogens is 214 g/mol. The van der Waals surface area contributed by atoms with Crippen molar-refractivity contribution in [2.24, 2.45) is 5.92 Å². The summed E-state index contributed by atoms with van der Waals surface area (Å²) in [6.07, 6.45) is 7.70. The van der Waals surface area contributed by atoms with Crippen LogP contribution in [0.5, 0.6) is 0 Å². The maximum absolute atomic E-state index is 5.49. The maximum Gasteiger partial charge on any atom is 0.0951 e. The Balaban J connectivity index is 1.79. The van der Waals surface area contributed by atoms with Gasteiger partial charge in [0, 0.05) is 30.8 Å². The second-order valence-corrected chi connectivity index (χ2v) is 5.24. The molecule has 94 valence electrons. The van der Waals surface area contributed by atoms with E-state index >= 15 is 0 Å². The molecule has 0 radical (unpaired) electrons. The highest BCUT2D eigenvalue weighted by atomic mass is 16.5. The van der Waals surface area contributed by atoms with Crippen LogP contribution in [0.25, 0.3) is 0 Å². The Kier molecular flexibility index (Phi) is 3.16. The van der Waals surface area contributed by atoms with Crippen molar-refractivity contribution in [3.05, 3.63) is 18.2 Å². The Morgan fingerprint density at radius 2 is 2.47 bits per heavy atom. The van der Waals surface area contributed by atoms with E-state index in [4.69, 9.17) is 4.74 Å². The third kappa shape index (κ3) is 2.11. The van der Waals surface area contributed by atoms with E-state index in [1.165, 1.54) is 25.0 Å². The number of nitrogens with zero attached hydrogens (tertiary/aromatic N) is 2. The first-order valence-corrected chi connectivity index (χ1v) is 6.69. The van der Waals surface area contributed by atoms with Gasteiger partial charge in [0.25, 0.3) is 0 Å². The molecule has 0 bridgehead atoms. The molecule has 4 nitrogen and oxygen atoms in total. The highest BCUT2D eigenvalue weighted by Gasteiger charge is 2.27. The largest absolute Gasteiger partial charge is 0.381 e. The van der Waals surface area contributed by atoms with Crippen LogP contribution in [0.4, 0.5) is 0 Å². The van der Waals surface area contributed by atoms with E-state index in [2.05, 4.69) is 21.8 Å². The Morgan fingerprint density at radius 1 is 1.53 bits per heavy atom. The molecule has 2 aliphatic heterocycles. The van der Waals surface area contributed by atoms with Crippen LogP contribution in [0.1, 0.15) is 44.0 Å². The topological polar surface area (TPSA) is 39.1 Å². The van der Waals surface area contributed by atoms with E-state index in [-0.39, 0.29) is 0 Å². The van der Waals surface area contributed by atoms with Crippen LogP contribution in [-0.4, -0.2) is 29.3 Å². The second-order valence-electron chi connectivity index (χ2n) is 5.24. The van der Waals surface area contributed by atoms with Crippen LogP contribution in [0.3, 0.4) is 0 Å². The number of aromatic nitrogens is 2. The van der Waals surface area contributed by atoms with Gasteiger partial charge in [0.05, 0.1) is 18.6 Å². The molecule has 0 aliphatic carbocycles. The standard InChI is InChI=1S/C13H21N3O/c1-10(11-4-6-17-8-11)16-9-14-7-13(16)12-3-2-5-15-12/h7,9-12,15H,2-6,8H2,1H3. The molecule has 2 fully saturated rings. The van der Waals surface area contributed by atoms with Crippen molar-refractivity contribution < 1.29 is 4.74 Å². The third-order valence-corrected chi connectivity index (χ3v) is 4.20. The monoisotopic (exact) mass is 235 g/mol. The van der Waals surface area contributed by atoms with Crippen LogP contribution in [-0.2, 0) is 4.74 Å². The van der Waals surface area contributed by atoms with Crippen LogP contribution in [0, 0.1) is 5.92 Å². The molecule has 1 N–H and O–H groups in total. The van der Waals surface area contributed by atoms with Crippen LogP contribution in [0.15, 0.2) is 12.5 Å². The molecule has 0 saturated carbocycles. The lowest BCUT2D eigenvalue weighted by molar-refractivity contribution is 0.174. The first kappa shape index (κ1) is 11.2. The van der Waals surface area contributed by atoms with Crippen molar-refractivity contribution >= 4 is 0 Å². The summed E-state index contributed by atoms with van der Waals surface area (Å²) in [5, 5.41) is 3.55. The summed E-state index contributed by atoms with van der Waals surface area (Å²) in [7, 11) is 0. The first-order valence-electron chi connectivity index (χ1n) is 6.69. The molecule has 0 amide bonds. The predicted octanol–water partition coefficient (Wildman–Crippen LogP) is 1.91. The van der Waals surface area contributed by atoms with Gasteiger partial charge in [0.15, 0.2) is 0 Å². The van der Waals surface area contributed by atoms with Crippen molar-refractivity contribution in [2.75, 3.05) is 19.8 Å². The molecule has 2 saturated heterocycles. The summed E-state index contributed by atoms with van der Waals surface area (Å²) in [5.74, 6) is 0.643. The summed E-state index contributed by atoms with van der Waals surface area (Å²) in [6, 6.07) is 1.000. The smallest absolute Gasteiger partial charge is 0.0951 e. The van der Waals surface area contributed by atoms with Gasteiger partial charge in [-0.2, -0.15) is 0 Å². The molecule has 3 heterocycles. The maximum atomic E-state index is 5.49. The molecule has 3 atom stereocenters. The van der Waals surface area contributed by atoms with Gasteiger partial charge < -0.3 is 14.6 Å². The number of hydrogen-bond donors (Lipinski definition) is 1. The van der Waals surface area contributed by atoms with Gasteiger partial charge in [0.2, 0.25) is 0 Å². The minimum absolute atomic E-state index is 0.498. The van der Waals surface area contributed by atoms with Crippen molar-refractivity contribution in [3.63, 3.8) is 0 Å². The summed E-state index contributed by atoms with van der Waals surface area (Å²) in [4.78, 5) is 4.34. The molecule has 3 unspecified atom stereocenters. The molecule has 2 aliphatic rings. The minimum atomic E-state index is 0.498. The minimum Gasteiger partial charge on any atom is -0.381 e. The van der Waals surface area contributed by atoms with Gasteiger partial charge in [0.1, 0.15) is 0 Å². The highest BCUT2D eigenvalue weighted by Crippen LogP contribution is 2.30.